The molecule has 2 heterocycles. The van der Waals surface area contributed by atoms with Gasteiger partial charge in [0.05, 0.1) is 0 Å². The van der Waals surface area contributed by atoms with Crippen LogP contribution in [0.3, 0.4) is 0 Å². The molecular weight excluding hydrogens is 331 g/mol. The van der Waals surface area contributed by atoms with Crippen molar-refractivity contribution in [3.8, 4) is 0 Å². The molecule has 1 aliphatic heterocycles. The van der Waals surface area contributed by atoms with Crippen LogP contribution in [-0.2, 0) is 0 Å². The van der Waals surface area contributed by atoms with Gasteiger partial charge < -0.3 is 20.4 Å². The molecular formula is C19H27FN6. The van der Waals surface area contributed by atoms with Crippen LogP contribution in [0.1, 0.15) is 19.8 Å². The van der Waals surface area contributed by atoms with Crippen molar-refractivity contribution in [3.63, 3.8) is 0 Å². The Morgan fingerprint density at radius 1 is 1.08 bits per heavy atom. The number of aromatic nitrogens is 2. The van der Waals surface area contributed by atoms with Crippen LogP contribution >= 0.6 is 0 Å². The molecule has 3 rings (SSSR count). The average molecular weight is 358 g/mol. The lowest BCUT2D eigenvalue weighted by atomic mass is 10.2. The molecule has 0 saturated carbocycles. The number of nitrogens with zero attached hydrogens (tertiary/aromatic N) is 5. The van der Waals surface area contributed by atoms with Crippen LogP contribution in [0.5, 0.6) is 0 Å². The number of halogens is 1. The first-order valence-corrected chi connectivity index (χ1v) is 9.17. The summed E-state index contributed by atoms with van der Waals surface area (Å²) in [6.07, 6.45) is 3.83. The molecule has 0 aliphatic carbocycles. The van der Waals surface area contributed by atoms with Crippen molar-refractivity contribution < 1.29 is 4.39 Å². The summed E-state index contributed by atoms with van der Waals surface area (Å²) < 4.78 is 13.1. The molecule has 0 amide bonds. The highest BCUT2D eigenvalue weighted by atomic mass is 19.1. The Kier molecular flexibility index (Phi) is 5.75. The number of piperazine rings is 1. The summed E-state index contributed by atoms with van der Waals surface area (Å²) in [5.41, 5.74) is 8.07. The molecule has 0 bridgehead atoms. The fourth-order valence-corrected chi connectivity index (χ4v) is 3.26. The smallest absolute Gasteiger partial charge is 0.157 e. The first kappa shape index (κ1) is 18.2. The number of hydrogen-bond donors (Lipinski definition) is 1. The maximum absolute atomic E-state index is 13.1. The van der Waals surface area contributed by atoms with E-state index in [0.717, 1.165) is 62.9 Å². The third kappa shape index (κ3) is 3.98. The Bertz CT molecular complexity index is 712. The predicted octanol–water partition coefficient (Wildman–Crippen LogP) is 2.76. The van der Waals surface area contributed by atoms with Crippen molar-refractivity contribution in [1.82, 2.24) is 9.97 Å². The second-order valence-electron chi connectivity index (χ2n) is 6.66. The van der Waals surface area contributed by atoms with E-state index in [2.05, 4.69) is 31.6 Å². The third-order valence-electron chi connectivity index (χ3n) is 4.82. The summed E-state index contributed by atoms with van der Waals surface area (Å²) in [6, 6.07) is 6.65. The van der Waals surface area contributed by atoms with Gasteiger partial charge in [0, 0.05) is 45.5 Å². The molecule has 2 N–H and O–H groups in total. The van der Waals surface area contributed by atoms with Crippen molar-refractivity contribution in [2.45, 2.75) is 19.8 Å². The quantitative estimate of drug-likeness (QED) is 0.857. The van der Waals surface area contributed by atoms with Crippen LogP contribution in [0.25, 0.3) is 0 Å². The van der Waals surface area contributed by atoms with E-state index < -0.39 is 0 Å². The van der Waals surface area contributed by atoms with Crippen LogP contribution in [0.2, 0.25) is 0 Å². The Balaban J connectivity index is 1.68. The van der Waals surface area contributed by atoms with Crippen LogP contribution < -0.4 is 20.4 Å². The van der Waals surface area contributed by atoms with Gasteiger partial charge in [-0.05, 0) is 30.7 Å². The fourth-order valence-electron chi connectivity index (χ4n) is 3.26. The molecule has 1 aromatic heterocycles. The van der Waals surface area contributed by atoms with Crippen molar-refractivity contribution >= 4 is 23.0 Å². The van der Waals surface area contributed by atoms with E-state index in [-0.39, 0.29) is 5.82 Å². The van der Waals surface area contributed by atoms with E-state index in [0.29, 0.717) is 5.69 Å². The Morgan fingerprint density at radius 3 is 2.38 bits per heavy atom. The maximum atomic E-state index is 13.1. The SMILES string of the molecule is CCCCN(C)c1ncnc(N2CCN(c3ccc(F)cc3)CC2)c1N. The van der Waals surface area contributed by atoms with Gasteiger partial charge in [-0.2, -0.15) is 0 Å². The van der Waals surface area contributed by atoms with Gasteiger partial charge in [0.2, 0.25) is 0 Å². The zero-order valence-electron chi connectivity index (χ0n) is 15.5. The van der Waals surface area contributed by atoms with Crippen molar-refractivity contribution in [3.05, 3.63) is 36.4 Å². The fraction of sp³-hybridized carbons (Fsp3) is 0.474. The van der Waals surface area contributed by atoms with E-state index in [1.165, 1.54) is 12.1 Å². The Morgan fingerprint density at radius 2 is 1.73 bits per heavy atom. The first-order chi connectivity index (χ1) is 12.6. The number of unbranched alkanes of at least 4 members (excludes halogenated alkanes) is 1. The number of nitrogens with two attached hydrogens (primary N) is 1. The number of rotatable bonds is 6. The van der Waals surface area contributed by atoms with Crippen LogP contribution in [-0.4, -0.2) is 49.7 Å². The molecule has 1 saturated heterocycles. The molecule has 6 nitrogen and oxygen atoms in total. The molecule has 7 heteroatoms. The van der Waals surface area contributed by atoms with E-state index in [9.17, 15) is 4.39 Å². The molecule has 26 heavy (non-hydrogen) atoms. The third-order valence-corrected chi connectivity index (χ3v) is 4.82. The van der Waals surface area contributed by atoms with Gasteiger partial charge in [-0.3, -0.25) is 0 Å². The monoisotopic (exact) mass is 358 g/mol. The summed E-state index contributed by atoms with van der Waals surface area (Å²) in [7, 11) is 2.02. The normalized spacial score (nSPS) is 14.6. The van der Waals surface area contributed by atoms with E-state index in [1.807, 2.05) is 19.2 Å². The zero-order valence-corrected chi connectivity index (χ0v) is 15.5. The topological polar surface area (TPSA) is 61.5 Å². The number of anilines is 4. The summed E-state index contributed by atoms with van der Waals surface area (Å²) in [5.74, 6) is 1.39. The summed E-state index contributed by atoms with van der Waals surface area (Å²) >= 11 is 0. The first-order valence-electron chi connectivity index (χ1n) is 9.17. The lowest BCUT2D eigenvalue weighted by molar-refractivity contribution is 0.624. The van der Waals surface area contributed by atoms with Gasteiger partial charge in [-0.1, -0.05) is 13.3 Å². The molecule has 1 aliphatic rings. The minimum absolute atomic E-state index is 0.208. The van der Waals surface area contributed by atoms with Crippen molar-refractivity contribution in [2.24, 2.45) is 0 Å². The Hall–Kier alpha value is -2.57. The lowest BCUT2D eigenvalue weighted by Gasteiger charge is -2.37. The lowest BCUT2D eigenvalue weighted by Crippen LogP contribution is -2.47. The second kappa shape index (κ2) is 8.21. The highest BCUT2D eigenvalue weighted by Crippen LogP contribution is 2.29. The molecule has 2 aromatic rings. The molecule has 1 aromatic carbocycles. The van der Waals surface area contributed by atoms with Crippen LogP contribution in [0.15, 0.2) is 30.6 Å². The summed E-state index contributed by atoms with van der Waals surface area (Å²) in [4.78, 5) is 15.4. The largest absolute Gasteiger partial charge is 0.393 e. The van der Waals surface area contributed by atoms with E-state index >= 15 is 0 Å². The number of nitrogen functional groups attached to an aromatic ring is 1. The highest BCUT2D eigenvalue weighted by Gasteiger charge is 2.22. The van der Waals surface area contributed by atoms with Gasteiger partial charge in [-0.25, -0.2) is 14.4 Å². The summed E-state index contributed by atoms with van der Waals surface area (Å²) in [5, 5.41) is 0. The molecule has 140 valence electrons. The van der Waals surface area contributed by atoms with E-state index in [1.54, 1.807) is 6.33 Å². The molecule has 0 spiro atoms. The van der Waals surface area contributed by atoms with Gasteiger partial charge in [-0.15, -0.1) is 0 Å². The highest BCUT2D eigenvalue weighted by molar-refractivity contribution is 5.75. The minimum Gasteiger partial charge on any atom is -0.393 e. The van der Waals surface area contributed by atoms with Gasteiger partial charge in [0.25, 0.3) is 0 Å². The van der Waals surface area contributed by atoms with Gasteiger partial charge >= 0.3 is 0 Å². The van der Waals surface area contributed by atoms with Gasteiger partial charge in [0.1, 0.15) is 17.8 Å². The number of hydrogen-bond acceptors (Lipinski definition) is 6. The van der Waals surface area contributed by atoms with Crippen LogP contribution in [0.4, 0.5) is 27.4 Å². The minimum atomic E-state index is -0.208. The van der Waals surface area contributed by atoms with Gasteiger partial charge in [0.15, 0.2) is 11.6 Å². The van der Waals surface area contributed by atoms with E-state index in [4.69, 9.17) is 5.73 Å². The molecule has 0 atom stereocenters. The average Bonchev–Trinajstić information content (AvgIpc) is 2.67. The summed E-state index contributed by atoms with van der Waals surface area (Å²) in [6.45, 7) is 6.41. The zero-order chi connectivity index (χ0) is 18.5. The molecule has 0 unspecified atom stereocenters. The van der Waals surface area contributed by atoms with Crippen LogP contribution in [0, 0.1) is 5.82 Å². The number of benzene rings is 1. The predicted molar refractivity (Wildman–Crippen MR) is 105 cm³/mol. The molecule has 0 radical (unpaired) electrons. The molecule has 1 fully saturated rings. The second-order valence-corrected chi connectivity index (χ2v) is 6.66. The standard InChI is InChI=1S/C19H27FN6/c1-3-4-9-24(2)18-17(21)19(23-14-22-18)26-12-10-25(11-13-26)16-7-5-15(20)6-8-16/h5-8,14H,3-4,9-13,21H2,1-2H3. The maximum Gasteiger partial charge on any atom is 0.157 e. The van der Waals surface area contributed by atoms with Crippen molar-refractivity contribution in [2.75, 3.05) is 60.2 Å². The van der Waals surface area contributed by atoms with Crippen molar-refractivity contribution in [1.29, 1.82) is 0 Å². The Labute approximate surface area is 154 Å².